The van der Waals surface area contributed by atoms with E-state index >= 15 is 0 Å². The lowest BCUT2D eigenvalue weighted by atomic mass is 10.2. The predicted octanol–water partition coefficient (Wildman–Crippen LogP) is 4.39. The normalized spacial score (nSPS) is 10.0. The third-order valence-corrected chi connectivity index (χ3v) is 2.79. The summed E-state index contributed by atoms with van der Waals surface area (Å²) in [7, 11) is 0. The van der Waals surface area contributed by atoms with Crippen LogP contribution in [0.25, 0.3) is 0 Å². The van der Waals surface area contributed by atoms with Gasteiger partial charge in [0.15, 0.2) is 0 Å². The second-order valence-corrected chi connectivity index (χ2v) is 4.61. The van der Waals surface area contributed by atoms with Gasteiger partial charge in [-0.2, -0.15) is 0 Å². The molecule has 0 amide bonds. The number of hydrogen-bond donors (Lipinski definition) is 0. The standard InChI is InChI=1S/C13H11IO/c1-10-2-6-12(7-3-10)15-13-8-4-11(14)5-9-13/h2-9H,1H3. The highest BCUT2D eigenvalue weighted by atomic mass is 127. The van der Waals surface area contributed by atoms with Crippen molar-refractivity contribution in [3.05, 3.63) is 57.7 Å². The van der Waals surface area contributed by atoms with Gasteiger partial charge < -0.3 is 4.74 Å². The fourth-order valence-corrected chi connectivity index (χ4v) is 1.60. The van der Waals surface area contributed by atoms with Gasteiger partial charge in [0, 0.05) is 3.57 Å². The molecule has 1 nitrogen and oxygen atoms in total. The Morgan fingerprint density at radius 2 is 1.27 bits per heavy atom. The van der Waals surface area contributed by atoms with E-state index in [0.717, 1.165) is 11.5 Å². The third kappa shape index (κ3) is 2.96. The molecule has 2 aromatic rings. The van der Waals surface area contributed by atoms with Crippen LogP contribution in [0, 0.1) is 10.5 Å². The quantitative estimate of drug-likeness (QED) is 0.748. The Morgan fingerprint density at radius 1 is 0.800 bits per heavy atom. The molecular weight excluding hydrogens is 299 g/mol. The molecule has 2 aromatic carbocycles. The van der Waals surface area contributed by atoms with Crippen molar-refractivity contribution in [1.82, 2.24) is 0 Å². The first-order valence-electron chi connectivity index (χ1n) is 4.74. The van der Waals surface area contributed by atoms with Crippen LogP contribution in [0.5, 0.6) is 11.5 Å². The van der Waals surface area contributed by atoms with Crippen LogP contribution >= 0.6 is 22.6 Å². The molecular formula is C13H11IO. The van der Waals surface area contributed by atoms with Crippen molar-refractivity contribution < 1.29 is 4.74 Å². The SMILES string of the molecule is Cc1ccc(Oc2ccc(I)cc2)cc1. The molecule has 0 atom stereocenters. The van der Waals surface area contributed by atoms with E-state index in [4.69, 9.17) is 4.74 Å². The summed E-state index contributed by atoms with van der Waals surface area (Å²) < 4.78 is 6.90. The summed E-state index contributed by atoms with van der Waals surface area (Å²) in [6, 6.07) is 16.1. The van der Waals surface area contributed by atoms with E-state index in [0.29, 0.717) is 0 Å². The fourth-order valence-electron chi connectivity index (χ4n) is 1.25. The van der Waals surface area contributed by atoms with Gasteiger partial charge in [-0.15, -0.1) is 0 Å². The van der Waals surface area contributed by atoms with Crippen LogP contribution in [0.4, 0.5) is 0 Å². The maximum atomic E-state index is 5.68. The van der Waals surface area contributed by atoms with Gasteiger partial charge in [-0.05, 0) is 65.9 Å². The first-order chi connectivity index (χ1) is 7.24. The van der Waals surface area contributed by atoms with E-state index in [1.807, 2.05) is 48.5 Å². The van der Waals surface area contributed by atoms with Crippen molar-refractivity contribution in [2.45, 2.75) is 6.92 Å². The Balaban J connectivity index is 2.15. The molecule has 0 aliphatic heterocycles. The van der Waals surface area contributed by atoms with Crippen LogP contribution in [-0.4, -0.2) is 0 Å². The van der Waals surface area contributed by atoms with Crippen molar-refractivity contribution in [3.63, 3.8) is 0 Å². The van der Waals surface area contributed by atoms with Gasteiger partial charge >= 0.3 is 0 Å². The molecule has 0 unspecified atom stereocenters. The maximum absolute atomic E-state index is 5.68. The Hall–Kier alpha value is -1.03. The van der Waals surface area contributed by atoms with E-state index in [2.05, 4.69) is 29.5 Å². The van der Waals surface area contributed by atoms with E-state index in [1.54, 1.807) is 0 Å². The lowest BCUT2D eigenvalue weighted by Crippen LogP contribution is -1.83. The van der Waals surface area contributed by atoms with E-state index < -0.39 is 0 Å². The number of ether oxygens (including phenoxy) is 1. The summed E-state index contributed by atoms with van der Waals surface area (Å²) in [6.45, 7) is 2.06. The smallest absolute Gasteiger partial charge is 0.127 e. The van der Waals surface area contributed by atoms with Crippen molar-refractivity contribution in [2.24, 2.45) is 0 Å². The summed E-state index contributed by atoms with van der Waals surface area (Å²) in [6.07, 6.45) is 0. The molecule has 15 heavy (non-hydrogen) atoms. The number of halogens is 1. The second-order valence-electron chi connectivity index (χ2n) is 3.37. The minimum absolute atomic E-state index is 0.874. The van der Waals surface area contributed by atoms with E-state index in [9.17, 15) is 0 Å². The first kappa shape index (κ1) is 10.5. The van der Waals surface area contributed by atoms with Crippen molar-refractivity contribution >= 4 is 22.6 Å². The van der Waals surface area contributed by atoms with E-state index in [1.165, 1.54) is 9.13 Å². The molecule has 0 heterocycles. The van der Waals surface area contributed by atoms with Crippen LogP contribution in [0.1, 0.15) is 5.56 Å². The lowest BCUT2D eigenvalue weighted by molar-refractivity contribution is 0.482. The molecule has 0 saturated heterocycles. The average Bonchev–Trinajstić information content (AvgIpc) is 2.25. The highest BCUT2D eigenvalue weighted by molar-refractivity contribution is 14.1. The fraction of sp³-hybridized carbons (Fsp3) is 0.0769. The van der Waals surface area contributed by atoms with Gasteiger partial charge in [0.1, 0.15) is 11.5 Å². The summed E-state index contributed by atoms with van der Waals surface area (Å²) in [4.78, 5) is 0. The van der Waals surface area contributed by atoms with Gasteiger partial charge in [-0.25, -0.2) is 0 Å². The minimum Gasteiger partial charge on any atom is -0.457 e. The van der Waals surface area contributed by atoms with Crippen molar-refractivity contribution in [1.29, 1.82) is 0 Å². The van der Waals surface area contributed by atoms with Gasteiger partial charge in [0.05, 0.1) is 0 Å². The zero-order chi connectivity index (χ0) is 10.7. The van der Waals surface area contributed by atoms with Gasteiger partial charge in [0.25, 0.3) is 0 Å². The first-order valence-corrected chi connectivity index (χ1v) is 5.82. The predicted molar refractivity (Wildman–Crippen MR) is 70.4 cm³/mol. The highest BCUT2D eigenvalue weighted by Crippen LogP contribution is 2.22. The second kappa shape index (κ2) is 4.66. The largest absolute Gasteiger partial charge is 0.457 e. The summed E-state index contributed by atoms with van der Waals surface area (Å²) in [5.74, 6) is 1.75. The zero-order valence-corrected chi connectivity index (χ0v) is 10.6. The third-order valence-electron chi connectivity index (χ3n) is 2.07. The number of benzene rings is 2. The summed E-state index contributed by atoms with van der Waals surface area (Å²) >= 11 is 2.28. The molecule has 0 N–H and O–H groups in total. The maximum Gasteiger partial charge on any atom is 0.127 e. The molecule has 0 spiro atoms. The van der Waals surface area contributed by atoms with Crippen LogP contribution in [0.3, 0.4) is 0 Å². The lowest BCUT2D eigenvalue weighted by Gasteiger charge is -2.05. The average molecular weight is 310 g/mol. The Bertz CT molecular complexity index is 388. The monoisotopic (exact) mass is 310 g/mol. The Labute approximate surface area is 103 Å². The Morgan fingerprint density at radius 3 is 1.80 bits per heavy atom. The molecule has 0 bridgehead atoms. The zero-order valence-electron chi connectivity index (χ0n) is 8.41. The molecule has 0 aliphatic rings. The van der Waals surface area contributed by atoms with Crippen molar-refractivity contribution in [3.8, 4) is 11.5 Å². The minimum atomic E-state index is 0.874. The molecule has 0 aromatic heterocycles. The topological polar surface area (TPSA) is 9.23 Å². The van der Waals surface area contributed by atoms with Gasteiger partial charge in [-0.1, -0.05) is 17.7 Å². The van der Waals surface area contributed by atoms with Crippen LogP contribution in [0.15, 0.2) is 48.5 Å². The molecule has 0 aliphatic carbocycles. The van der Waals surface area contributed by atoms with Gasteiger partial charge in [0.2, 0.25) is 0 Å². The number of rotatable bonds is 2. The van der Waals surface area contributed by atoms with Crippen molar-refractivity contribution in [2.75, 3.05) is 0 Å². The highest BCUT2D eigenvalue weighted by Gasteiger charge is 1.96. The Kier molecular flexibility index (Phi) is 3.26. The molecule has 0 fully saturated rings. The van der Waals surface area contributed by atoms with Gasteiger partial charge in [-0.3, -0.25) is 0 Å². The molecule has 2 heteroatoms. The molecule has 2 rings (SSSR count). The summed E-state index contributed by atoms with van der Waals surface area (Å²) in [5, 5.41) is 0. The van der Waals surface area contributed by atoms with Crippen LogP contribution in [0.2, 0.25) is 0 Å². The number of aryl methyl sites for hydroxylation is 1. The van der Waals surface area contributed by atoms with Crippen LogP contribution < -0.4 is 4.74 Å². The molecule has 0 saturated carbocycles. The molecule has 0 radical (unpaired) electrons. The number of hydrogen-bond acceptors (Lipinski definition) is 1. The summed E-state index contributed by atoms with van der Waals surface area (Å²) in [5.41, 5.74) is 1.24. The van der Waals surface area contributed by atoms with Crippen LogP contribution in [-0.2, 0) is 0 Å². The van der Waals surface area contributed by atoms with E-state index in [-0.39, 0.29) is 0 Å². The molecule has 76 valence electrons.